The lowest BCUT2D eigenvalue weighted by atomic mass is 10.1. The first-order valence-corrected chi connectivity index (χ1v) is 8.03. The summed E-state index contributed by atoms with van der Waals surface area (Å²) in [4.78, 5) is 9.49. The molecule has 0 spiro atoms. The molecule has 0 amide bonds. The average molecular weight is 353 g/mol. The highest BCUT2D eigenvalue weighted by atomic mass is 79.9. The normalized spacial score (nSPS) is 11.9. The first-order valence-electron chi connectivity index (χ1n) is 7.23. The van der Waals surface area contributed by atoms with Crippen LogP contribution >= 0.6 is 15.9 Å². The Morgan fingerprint density at radius 3 is 2.36 bits per heavy atom. The molecule has 2 aromatic carbocycles. The van der Waals surface area contributed by atoms with Crippen LogP contribution in [0.4, 0.5) is 5.69 Å². The summed E-state index contributed by atoms with van der Waals surface area (Å²) in [7, 11) is 0. The van der Waals surface area contributed by atoms with Crippen LogP contribution in [0.25, 0.3) is 10.9 Å². The zero-order valence-electron chi connectivity index (χ0n) is 12.9. The Morgan fingerprint density at radius 1 is 0.955 bits per heavy atom. The number of fused-ring (bicyclic) bond motifs is 1. The number of rotatable bonds is 2. The maximum atomic E-state index is 4.87. The van der Waals surface area contributed by atoms with Crippen LogP contribution in [0.2, 0.25) is 0 Å². The van der Waals surface area contributed by atoms with Gasteiger partial charge in [0.05, 0.1) is 11.2 Å². The van der Waals surface area contributed by atoms with Gasteiger partial charge in [0.15, 0.2) is 0 Å². The van der Waals surface area contributed by atoms with Crippen molar-refractivity contribution >= 4 is 38.2 Å². The van der Waals surface area contributed by atoms with Gasteiger partial charge < -0.3 is 0 Å². The van der Waals surface area contributed by atoms with Gasteiger partial charge in [0.2, 0.25) is 0 Å². The molecule has 0 aliphatic heterocycles. The molecule has 0 saturated heterocycles. The number of benzene rings is 2. The number of aromatic nitrogens is 1. The van der Waals surface area contributed by atoms with Crippen LogP contribution in [0.3, 0.4) is 0 Å². The predicted molar refractivity (Wildman–Crippen MR) is 97.2 cm³/mol. The van der Waals surface area contributed by atoms with Crippen molar-refractivity contribution in [2.24, 2.45) is 4.99 Å². The van der Waals surface area contributed by atoms with E-state index in [4.69, 9.17) is 4.99 Å². The lowest BCUT2D eigenvalue weighted by Crippen LogP contribution is -1.98. The standard InChI is InChI=1S/C19H17BrN2/c1-12-6-4-7-13(2)18(12)21-14(3)16-9-5-8-15-10-11-17(20)22-19(15)16/h4-11H,1-3H3. The fourth-order valence-corrected chi connectivity index (χ4v) is 2.93. The molecule has 3 rings (SSSR count). The van der Waals surface area contributed by atoms with Gasteiger partial charge in [-0.25, -0.2) is 4.98 Å². The number of aliphatic imine (C=N–C) groups is 1. The Bertz CT molecular complexity index is 861. The van der Waals surface area contributed by atoms with E-state index in [1.54, 1.807) is 0 Å². The molecular formula is C19H17BrN2. The van der Waals surface area contributed by atoms with Crippen molar-refractivity contribution in [1.82, 2.24) is 4.98 Å². The zero-order chi connectivity index (χ0) is 15.7. The molecule has 1 aromatic heterocycles. The number of aryl methyl sites for hydroxylation is 2. The molecule has 0 unspecified atom stereocenters. The van der Waals surface area contributed by atoms with Crippen LogP contribution in [0.5, 0.6) is 0 Å². The Hall–Kier alpha value is -2.00. The summed E-state index contributed by atoms with van der Waals surface area (Å²) in [6, 6.07) is 16.5. The van der Waals surface area contributed by atoms with E-state index < -0.39 is 0 Å². The van der Waals surface area contributed by atoms with Gasteiger partial charge in [-0.3, -0.25) is 4.99 Å². The van der Waals surface area contributed by atoms with Gasteiger partial charge in [-0.2, -0.15) is 0 Å². The number of halogens is 1. The summed E-state index contributed by atoms with van der Waals surface area (Å²) >= 11 is 3.45. The molecule has 1 heterocycles. The molecular weight excluding hydrogens is 336 g/mol. The van der Waals surface area contributed by atoms with Crippen LogP contribution in [-0.2, 0) is 0 Å². The number of pyridine rings is 1. The highest BCUT2D eigenvalue weighted by Gasteiger charge is 2.08. The van der Waals surface area contributed by atoms with Crippen LogP contribution in [0.1, 0.15) is 23.6 Å². The molecule has 22 heavy (non-hydrogen) atoms. The van der Waals surface area contributed by atoms with E-state index in [9.17, 15) is 0 Å². The minimum absolute atomic E-state index is 0.840. The second-order valence-electron chi connectivity index (χ2n) is 5.45. The molecule has 0 atom stereocenters. The largest absolute Gasteiger partial charge is 0.253 e. The summed E-state index contributed by atoms with van der Waals surface area (Å²) in [5, 5.41) is 1.12. The molecule has 0 aliphatic carbocycles. The molecule has 3 aromatic rings. The molecule has 0 N–H and O–H groups in total. The molecule has 3 heteroatoms. The van der Waals surface area contributed by atoms with Gasteiger partial charge in [0.1, 0.15) is 4.60 Å². The van der Waals surface area contributed by atoms with Gasteiger partial charge in [0, 0.05) is 16.7 Å². The molecule has 0 saturated carbocycles. The van der Waals surface area contributed by atoms with Gasteiger partial charge >= 0.3 is 0 Å². The highest BCUT2D eigenvalue weighted by Crippen LogP contribution is 2.26. The fourth-order valence-electron chi connectivity index (χ4n) is 2.63. The number of hydrogen-bond acceptors (Lipinski definition) is 2. The minimum atomic E-state index is 0.840. The van der Waals surface area contributed by atoms with Crippen molar-refractivity contribution < 1.29 is 0 Å². The van der Waals surface area contributed by atoms with E-state index in [1.807, 2.05) is 13.0 Å². The van der Waals surface area contributed by atoms with Crippen LogP contribution < -0.4 is 0 Å². The smallest absolute Gasteiger partial charge is 0.106 e. The minimum Gasteiger partial charge on any atom is -0.253 e. The summed E-state index contributed by atoms with van der Waals surface area (Å²) in [6.45, 7) is 6.23. The maximum absolute atomic E-state index is 4.87. The Morgan fingerprint density at radius 2 is 1.64 bits per heavy atom. The van der Waals surface area contributed by atoms with Crippen molar-refractivity contribution in [1.29, 1.82) is 0 Å². The van der Waals surface area contributed by atoms with Gasteiger partial charge in [-0.15, -0.1) is 0 Å². The van der Waals surface area contributed by atoms with E-state index in [0.29, 0.717) is 0 Å². The zero-order valence-corrected chi connectivity index (χ0v) is 14.5. The SMILES string of the molecule is CC(=Nc1c(C)cccc1C)c1cccc2ccc(Br)nc12. The molecule has 110 valence electrons. The molecule has 0 aliphatic rings. The molecule has 0 fully saturated rings. The van der Waals surface area contributed by atoms with E-state index in [2.05, 4.69) is 77.2 Å². The maximum Gasteiger partial charge on any atom is 0.106 e. The van der Waals surface area contributed by atoms with Crippen LogP contribution in [-0.4, -0.2) is 10.7 Å². The average Bonchev–Trinajstić information content (AvgIpc) is 2.50. The van der Waals surface area contributed by atoms with Crippen molar-refractivity contribution in [3.8, 4) is 0 Å². The third-order valence-corrected chi connectivity index (χ3v) is 4.24. The predicted octanol–water partition coefficient (Wildman–Crippen LogP) is 5.75. The van der Waals surface area contributed by atoms with E-state index in [0.717, 1.165) is 32.5 Å². The van der Waals surface area contributed by atoms with Gasteiger partial charge in [-0.1, -0.05) is 42.5 Å². The van der Waals surface area contributed by atoms with Gasteiger partial charge in [0.25, 0.3) is 0 Å². The van der Waals surface area contributed by atoms with E-state index in [-0.39, 0.29) is 0 Å². The van der Waals surface area contributed by atoms with E-state index in [1.165, 1.54) is 11.1 Å². The molecule has 0 bridgehead atoms. The number of para-hydroxylation sites is 2. The first-order chi connectivity index (χ1) is 10.6. The summed E-state index contributed by atoms with van der Waals surface area (Å²) < 4.78 is 0.840. The number of hydrogen-bond donors (Lipinski definition) is 0. The van der Waals surface area contributed by atoms with Crippen molar-refractivity contribution in [2.45, 2.75) is 20.8 Å². The second kappa shape index (κ2) is 6.01. The lowest BCUT2D eigenvalue weighted by molar-refractivity contribution is 1.31. The van der Waals surface area contributed by atoms with Crippen LogP contribution in [0, 0.1) is 13.8 Å². The van der Waals surface area contributed by atoms with Crippen LogP contribution in [0.15, 0.2) is 58.1 Å². The third-order valence-electron chi connectivity index (χ3n) is 3.80. The van der Waals surface area contributed by atoms with Crippen molar-refractivity contribution in [2.75, 3.05) is 0 Å². The van der Waals surface area contributed by atoms with Crippen molar-refractivity contribution in [3.05, 3.63) is 69.8 Å². The second-order valence-corrected chi connectivity index (χ2v) is 6.26. The Labute approximate surface area is 139 Å². The molecule has 2 nitrogen and oxygen atoms in total. The quantitative estimate of drug-likeness (QED) is 0.425. The topological polar surface area (TPSA) is 25.2 Å². The number of nitrogens with zero attached hydrogens (tertiary/aromatic N) is 2. The lowest BCUT2D eigenvalue weighted by Gasteiger charge is -2.09. The summed E-state index contributed by atoms with van der Waals surface area (Å²) in [5.41, 5.74) is 6.45. The summed E-state index contributed by atoms with van der Waals surface area (Å²) in [6.07, 6.45) is 0. The fraction of sp³-hybridized carbons (Fsp3) is 0.158. The van der Waals surface area contributed by atoms with E-state index >= 15 is 0 Å². The summed E-state index contributed by atoms with van der Waals surface area (Å²) in [5.74, 6) is 0. The van der Waals surface area contributed by atoms with Gasteiger partial charge in [-0.05, 0) is 53.9 Å². The third kappa shape index (κ3) is 2.81. The van der Waals surface area contributed by atoms with Crippen molar-refractivity contribution in [3.63, 3.8) is 0 Å². The Kier molecular flexibility index (Phi) is 4.08. The first kappa shape index (κ1) is 14.9. The highest BCUT2D eigenvalue weighted by molar-refractivity contribution is 9.10. The monoisotopic (exact) mass is 352 g/mol. The molecule has 0 radical (unpaired) electrons. The Balaban J connectivity index is 2.19.